The molecule has 2 unspecified atom stereocenters. The number of aryl methyl sites for hydroxylation is 2. The van der Waals surface area contributed by atoms with E-state index >= 15 is 0 Å². The van der Waals surface area contributed by atoms with E-state index < -0.39 is 17.7 Å². The summed E-state index contributed by atoms with van der Waals surface area (Å²) in [5.74, 6) is -1.43. The van der Waals surface area contributed by atoms with Gasteiger partial charge in [0.15, 0.2) is 0 Å². The Kier molecular flexibility index (Phi) is 4.08. The van der Waals surface area contributed by atoms with E-state index in [0.717, 1.165) is 0 Å². The molecule has 2 atom stereocenters. The van der Waals surface area contributed by atoms with E-state index in [0.29, 0.717) is 29.3 Å². The molecule has 1 fully saturated rings. The smallest absolute Gasteiger partial charge is 0.390 e. The van der Waals surface area contributed by atoms with Crippen molar-refractivity contribution in [1.29, 1.82) is 0 Å². The second kappa shape index (κ2) is 5.22. The van der Waals surface area contributed by atoms with Crippen molar-refractivity contribution in [2.45, 2.75) is 50.8 Å². The summed E-state index contributed by atoms with van der Waals surface area (Å²) >= 11 is 6.09. The van der Waals surface area contributed by atoms with Crippen LogP contribution in [0, 0.1) is 12.8 Å². The monoisotopic (exact) mass is 310 g/mol. The lowest BCUT2D eigenvalue weighted by atomic mass is 9.75. The van der Waals surface area contributed by atoms with Crippen LogP contribution in [0.15, 0.2) is 0 Å². The van der Waals surface area contributed by atoms with Crippen LogP contribution in [0.1, 0.15) is 36.9 Å². The summed E-state index contributed by atoms with van der Waals surface area (Å²) in [6, 6.07) is 0. The fourth-order valence-electron chi connectivity index (χ4n) is 2.98. The number of hydrogen-bond donors (Lipinski definition) is 1. The van der Waals surface area contributed by atoms with E-state index in [1.807, 2.05) is 0 Å². The summed E-state index contributed by atoms with van der Waals surface area (Å²) in [4.78, 5) is 0. The molecule has 0 saturated heterocycles. The van der Waals surface area contributed by atoms with Crippen LogP contribution in [0.2, 0.25) is 5.15 Å². The van der Waals surface area contributed by atoms with Gasteiger partial charge in [-0.3, -0.25) is 4.68 Å². The second-order valence-corrected chi connectivity index (χ2v) is 6.07. The predicted octanol–water partition coefficient (Wildman–Crippen LogP) is 3.41. The molecule has 20 heavy (non-hydrogen) atoms. The van der Waals surface area contributed by atoms with E-state index in [9.17, 15) is 18.3 Å². The fraction of sp³-hybridized carbons (Fsp3) is 0.769. The predicted molar refractivity (Wildman–Crippen MR) is 69.6 cm³/mol. The van der Waals surface area contributed by atoms with Crippen LogP contribution in [0.4, 0.5) is 13.2 Å². The molecular weight excluding hydrogens is 293 g/mol. The summed E-state index contributed by atoms with van der Waals surface area (Å²) in [6.07, 6.45) is -3.56. The molecule has 1 aliphatic carbocycles. The molecule has 3 nitrogen and oxygen atoms in total. The highest BCUT2D eigenvalue weighted by Crippen LogP contribution is 2.43. The van der Waals surface area contributed by atoms with Crippen molar-refractivity contribution in [3.8, 4) is 0 Å². The quantitative estimate of drug-likeness (QED) is 0.909. The highest BCUT2D eigenvalue weighted by Gasteiger charge is 2.47. The van der Waals surface area contributed by atoms with Crippen molar-refractivity contribution in [2.75, 3.05) is 0 Å². The lowest BCUT2D eigenvalue weighted by molar-refractivity contribution is -0.200. The Morgan fingerprint density at radius 1 is 1.50 bits per heavy atom. The van der Waals surface area contributed by atoms with Crippen molar-refractivity contribution in [3.63, 3.8) is 0 Å². The zero-order valence-corrected chi connectivity index (χ0v) is 12.2. The van der Waals surface area contributed by atoms with Crippen LogP contribution in [0.5, 0.6) is 0 Å². The van der Waals surface area contributed by atoms with E-state index in [1.165, 1.54) is 4.68 Å². The molecular formula is C13H18ClF3N2O. The van der Waals surface area contributed by atoms with Crippen molar-refractivity contribution < 1.29 is 18.3 Å². The topological polar surface area (TPSA) is 38.0 Å². The SMILES string of the molecule is Cc1nn(C)c(Cl)c1CC1(O)CCCC(C(F)(F)F)C1. The lowest BCUT2D eigenvalue weighted by Crippen LogP contribution is -2.42. The van der Waals surface area contributed by atoms with Crippen molar-refractivity contribution >= 4 is 11.6 Å². The Bertz CT molecular complexity index is 501. The maximum Gasteiger partial charge on any atom is 0.391 e. The van der Waals surface area contributed by atoms with Gasteiger partial charge in [-0.2, -0.15) is 18.3 Å². The Hall–Kier alpha value is -0.750. The van der Waals surface area contributed by atoms with Gasteiger partial charge in [-0.15, -0.1) is 0 Å². The molecule has 1 heterocycles. The van der Waals surface area contributed by atoms with Crippen LogP contribution < -0.4 is 0 Å². The van der Waals surface area contributed by atoms with Crippen molar-refractivity contribution in [2.24, 2.45) is 13.0 Å². The van der Waals surface area contributed by atoms with E-state index in [4.69, 9.17) is 11.6 Å². The molecule has 1 saturated carbocycles. The van der Waals surface area contributed by atoms with Crippen LogP contribution in [-0.2, 0) is 13.5 Å². The first-order valence-electron chi connectivity index (χ1n) is 6.59. The maximum atomic E-state index is 12.8. The number of alkyl halides is 3. The summed E-state index contributed by atoms with van der Waals surface area (Å²) in [6.45, 7) is 1.74. The first kappa shape index (κ1) is 15.6. The Morgan fingerprint density at radius 3 is 2.65 bits per heavy atom. The Labute approximate surface area is 120 Å². The van der Waals surface area contributed by atoms with Crippen LogP contribution in [0.3, 0.4) is 0 Å². The molecule has 1 aliphatic rings. The number of rotatable bonds is 2. The van der Waals surface area contributed by atoms with E-state index in [2.05, 4.69) is 5.10 Å². The third kappa shape index (κ3) is 3.11. The van der Waals surface area contributed by atoms with Gasteiger partial charge in [0.05, 0.1) is 17.2 Å². The van der Waals surface area contributed by atoms with E-state index in [1.54, 1.807) is 14.0 Å². The second-order valence-electron chi connectivity index (χ2n) is 5.71. The zero-order valence-electron chi connectivity index (χ0n) is 11.5. The van der Waals surface area contributed by atoms with Gasteiger partial charge in [-0.25, -0.2) is 0 Å². The maximum absolute atomic E-state index is 12.8. The fourth-order valence-corrected chi connectivity index (χ4v) is 3.23. The molecule has 2 rings (SSSR count). The average molecular weight is 311 g/mol. The highest BCUT2D eigenvalue weighted by molar-refractivity contribution is 6.30. The van der Waals surface area contributed by atoms with Crippen LogP contribution in [0.25, 0.3) is 0 Å². The number of halogens is 4. The zero-order chi connectivity index (χ0) is 15.1. The first-order valence-corrected chi connectivity index (χ1v) is 6.97. The molecule has 1 N–H and O–H groups in total. The third-order valence-electron chi connectivity index (χ3n) is 4.06. The molecule has 7 heteroatoms. The van der Waals surface area contributed by atoms with Crippen LogP contribution in [-0.4, -0.2) is 26.7 Å². The number of aromatic nitrogens is 2. The van der Waals surface area contributed by atoms with Gasteiger partial charge in [-0.05, 0) is 32.6 Å². The Balaban J connectivity index is 2.19. The molecule has 0 aliphatic heterocycles. The average Bonchev–Trinajstić information content (AvgIpc) is 2.55. The van der Waals surface area contributed by atoms with E-state index in [-0.39, 0.29) is 19.3 Å². The standard InChI is InChI=1S/C13H18ClF3N2O/c1-8-10(11(14)19(2)18-8)7-12(20)5-3-4-9(6-12)13(15,16)17/h9,20H,3-7H2,1-2H3. The first-order chi connectivity index (χ1) is 9.12. The number of hydrogen-bond acceptors (Lipinski definition) is 2. The van der Waals surface area contributed by atoms with Crippen molar-refractivity contribution in [1.82, 2.24) is 9.78 Å². The molecule has 1 aromatic rings. The van der Waals surface area contributed by atoms with Gasteiger partial charge >= 0.3 is 6.18 Å². The molecule has 0 bridgehead atoms. The van der Waals surface area contributed by atoms with Gasteiger partial charge < -0.3 is 5.11 Å². The summed E-state index contributed by atoms with van der Waals surface area (Å²) in [5, 5.41) is 15.0. The summed E-state index contributed by atoms with van der Waals surface area (Å²) in [7, 11) is 1.67. The number of aliphatic hydroxyl groups is 1. The Morgan fingerprint density at radius 2 is 2.15 bits per heavy atom. The number of nitrogens with zero attached hydrogens (tertiary/aromatic N) is 2. The van der Waals surface area contributed by atoms with Gasteiger partial charge in [0.2, 0.25) is 0 Å². The van der Waals surface area contributed by atoms with Gasteiger partial charge in [0.25, 0.3) is 0 Å². The summed E-state index contributed by atoms with van der Waals surface area (Å²) in [5.41, 5.74) is -0.0601. The molecule has 0 aromatic carbocycles. The van der Waals surface area contributed by atoms with Crippen LogP contribution >= 0.6 is 11.6 Å². The lowest BCUT2D eigenvalue weighted by Gasteiger charge is -2.37. The minimum atomic E-state index is -4.25. The molecule has 114 valence electrons. The highest BCUT2D eigenvalue weighted by atomic mass is 35.5. The normalized spacial score (nSPS) is 27.9. The molecule has 1 aromatic heterocycles. The summed E-state index contributed by atoms with van der Waals surface area (Å²) < 4.78 is 40.0. The minimum absolute atomic E-state index is 0.0889. The molecule has 0 spiro atoms. The van der Waals surface area contributed by atoms with Gasteiger partial charge in [0.1, 0.15) is 5.15 Å². The van der Waals surface area contributed by atoms with Gasteiger partial charge in [0, 0.05) is 19.0 Å². The minimum Gasteiger partial charge on any atom is -0.390 e. The van der Waals surface area contributed by atoms with Crippen molar-refractivity contribution in [3.05, 3.63) is 16.4 Å². The molecule has 0 radical (unpaired) electrons. The largest absolute Gasteiger partial charge is 0.391 e. The third-order valence-corrected chi connectivity index (χ3v) is 4.53. The van der Waals surface area contributed by atoms with Gasteiger partial charge in [-0.1, -0.05) is 11.6 Å². The molecule has 0 amide bonds.